The van der Waals surface area contributed by atoms with Gasteiger partial charge in [-0.15, -0.1) is 6.58 Å². The van der Waals surface area contributed by atoms with Crippen LogP contribution >= 0.6 is 0 Å². The van der Waals surface area contributed by atoms with Crippen molar-refractivity contribution in [1.82, 2.24) is 9.97 Å². The summed E-state index contributed by atoms with van der Waals surface area (Å²) in [5.74, 6) is 2.05. The van der Waals surface area contributed by atoms with Gasteiger partial charge in [-0.2, -0.15) is 4.98 Å². The Kier molecular flexibility index (Phi) is 4.94. The maximum absolute atomic E-state index is 5.56. The van der Waals surface area contributed by atoms with Gasteiger partial charge in [0.15, 0.2) is 0 Å². The third-order valence-corrected chi connectivity index (χ3v) is 2.52. The van der Waals surface area contributed by atoms with E-state index in [2.05, 4.69) is 27.2 Å². The minimum absolute atomic E-state index is 0.520. The van der Waals surface area contributed by atoms with Crippen LogP contribution < -0.4 is 15.4 Å². The number of rotatable bonds is 7. The van der Waals surface area contributed by atoms with Crippen molar-refractivity contribution in [2.45, 2.75) is 6.92 Å². The van der Waals surface area contributed by atoms with Gasteiger partial charge in [-0.25, -0.2) is 4.98 Å². The van der Waals surface area contributed by atoms with Gasteiger partial charge in [-0.1, -0.05) is 18.2 Å². The van der Waals surface area contributed by atoms with E-state index in [0.717, 1.165) is 17.3 Å². The molecule has 0 saturated heterocycles. The SMILES string of the molecule is C=CCNc1ccnc(Nc2ccccc2OCC)n1. The predicted molar refractivity (Wildman–Crippen MR) is 81.6 cm³/mol. The summed E-state index contributed by atoms with van der Waals surface area (Å²) in [5.41, 5.74) is 0.843. The first kappa shape index (κ1) is 13.9. The first-order chi connectivity index (χ1) is 9.83. The summed E-state index contributed by atoms with van der Waals surface area (Å²) in [6, 6.07) is 9.51. The summed E-state index contributed by atoms with van der Waals surface area (Å²) in [6.07, 6.45) is 3.48. The van der Waals surface area contributed by atoms with Crippen LogP contribution in [-0.4, -0.2) is 23.1 Å². The lowest BCUT2D eigenvalue weighted by Crippen LogP contribution is -2.04. The molecule has 0 unspecified atom stereocenters. The second kappa shape index (κ2) is 7.13. The molecule has 1 aromatic carbocycles. The summed E-state index contributed by atoms with van der Waals surface area (Å²) < 4.78 is 5.56. The number of hydrogen-bond acceptors (Lipinski definition) is 5. The molecule has 0 aliphatic heterocycles. The molecule has 1 heterocycles. The molecule has 0 aliphatic carbocycles. The third-order valence-electron chi connectivity index (χ3n) is 2.52. The first-order valence-corrected chi connectivity index (χ1v) is 6.50. The maximum atomic E-state index is 5.56. The molecule has 0 spiro atoms. The molecule has 0 amide bonds. The van der Waals surface area contributed by atoms with E-state index in [1.807, 2.05) is 37.3 Å². The van der Waals surface area contributed by atoms with E-state index < -0.39 is 0 Å². The number of para-hydroxylation sites is 2. The smallest absolute Gasteiger partial charge is 0.229 e. The molecule has 1 aromatic heterocycles. The summed E-state index contributed by atoms with van der Waals surface area (Å²) in [7, 11) is 0. The average Bonchev–Trinajstić information content (AvgIpc) is 2.48. The lowest BCUT2D eigenvalue weighted by atomic mass is 10.3. The van der Waals surface area contributed by atoms with Crippen LogP contribution in [0.5, 0.6) is 5.75 Å². The van der Waals surface area contributed by atoms with E-state index in [4.69, 9.17) is 4.74 Å². The Hall–Kier alpha value is -2.56. The second-order valence-corrected chi connectivity index (χ2v) is 3.99. The Labute approximate surface area is 118 Å². The highest BCUT2D eigenvalue weighted by Crippen LogP contribution is 2.26. The van der Waals surface area contributed by atoms with Crippen LogP contribution in [-0.2, 0) is 0 Å². The molecule has 104 valence electrons. The minimum atomic E-state index is 0.520. The van der Waals surface area contributed by atoms with Crippen LogP contribution in [0.2, 0.25) is 0 Å². The van der Waals surface area contributed by atoms with Gasteiger partial charge >= 0.3 is 0 Å². The number of nitrogens with zero attached hydrogens (tertiary/aromatic N) is 2. The summed E-state index contributed by atoms with van der Waals surface area (Å²) in [4.78, 5) is 8.57. The minimum Gasteiger partial charge on any atom is -0.492 e. The Balaban J connectivity index is 2.15. The largest absolute Gasteiger partial charge is 0.492 e. The van der Waals surface area contributed by atoms with Crippen molar-refractivity contribution in [2.75, 3.05) is 23.8 Å². The number of nitrogens with one attached hydrogen (secondary N) is 2. The van der Waals surface area contributed by atoms with Crippen molar-refractivity contribution >= 4 is 17.5 Å². The zero-order chi connectivity index (χ0) is 14.2. The average molecular weight is 270 g/mol. The van der Waals surface area contributed by atoms with Gasteiger partial charge in [0.25, 0.3) is 0 Å². The number of ether oxygens (including phenoxy) is 1. The molecule has 2 rings (SSSR count). The van der Waals surface area contributed by atoms with Crippen LogP contribution in [0.1, 0.15) is 6.92 Å². The molecule has 0 radical (unpaired) electrons. The molecule has 5 nitrogen and oxygen atoms in total. The Morgan fingerprint density at radius 1 is 1.30 bits per heavy atom. The van der Waals surface area contributed by atoms with Crippen LogP contribution in [0.25, 0.3) is 0 Å². The van der Waals surface area contributed by atoms with Crippen LogP contribution in [0, 0.1) is 0 Å². The monoisotopic (exact) mass is 270 g/mol. The summed E-state index contributed by atoms with van der Waals surface area (Å²) in [5, 5.41) is 6.28. The van der Waals surface area contributed by atoms with Gasteiger partial charge in [0, 0.05) is 12.7 Å². The highest BCUT2D eigenvalue weighted by atomic mass is 16.5. The van der Waals surface area contributed by atoms with Crippen LogP contribution in [0.3, 0.4) is 0 Å². The molecule has 2 N–H and O–H groups in total. The van der Waals surface area contributed by atoms with E-state index >= 15 is 0 Å². The standard InChI is InChI=1S/C15H18N4O/c1-3-10-16-14-9-11-17-15(19-14)18-12-7-5-6-8-13(12)20-4-2/h3,5-9,11H,1,4,10H2,2H3,(H2,16,17,18,19). The van der Waals surface area contributed by atoms with E-state index in [1.54, 1.807) is 12.3 Å². The molecular weight excluding hydrogens is 252 g/mol. The summed E-state index contributed by atoms with van der Waals surface area (Å²) >= 11 is 0. The lowest BCUT2D eigenvalue weighted by molar-refractivity contribution is 0.342. The van der Waals surface area contributed by atoms with Crippen molar-refractivity contribution in [1.29, 1.82) is 0 Å². The van der Waals surface area contributed by atoms with Crippen molar-refractivity contribution in [3.63, 3.8) is 0 Å². The van der Waals surface area contributed by atoms with Gasteiger partial charge in [0.05, 0.1) is 12.3 Å². The van der Waals surface area contributed by atoms with Gasteiger partial charge in [0.1, 0.15) is 11.6 Å². The predicted octanol–water partition coefficient (Wildman–Crippen LogP) is 3.22. The topological polar surface area (TPSA) is 59.1 Å². The lowest BCUT2D eigenvalue weighted by Gasteiger charge is -2.11. The van der Waals surface area contributed by atoms with E-state index in [-0.39, 0.29) is 0 Å². The summed E-state index contributed by atoms with van der Waals surface area (Å²) in [6.45, 7) is 6.88. The number of benzene rings is 1. The molecular formula is C15H18N4O. The normalized spacial score (nSPS) is 9.85. The fourth-order valence-corrected chi connectivity index (χ4v) is 1.67. The van der Waals surface area contributed by atoms with E-state index in [0.29, 0.717) is 19.1 Å². The third kappa shape index (κ3) is 3.71. The van der Waals surface area contributed by atoms with Gasteiger partial charge in [-0.3, -0.25) is 0 Å². The number of aromatic nitrogens is 2. The fraction of sp³-hybridized carbons (Fsp3) is 0.200. The maximum Gasteiger partial charge on any atom is 0.229 e. The fourth-order valence-electron chi connectivity index (χ4n) is 1.67. The zero-order valence-electron chi connectivity index (χ0n) is 11.5. The Bertz CT molecular complexity index is 571. The molecule has 0 bridgehead atoms. The van der Waals surface area contributed by atoms with E-state index in [1.165, 1.54) is 0 Å². The highest BCUT2D eigenvalue weighted by molar-refractivity contribution is 5.62. The first-order valence-electron chi connectivity index (χ1n) is 6.50. The number of anilines is 3. The van der Waals surface area contributed by atoms with Gasteiger partial charge in [-0.05, 0) is 25.1 Å². The number of hydrogen-bond donors (Lipinski definition) is 2. The Morgan fingerprint density at radius 3 is 2.95 bits per heavy atom. The molecule has 0 aliphatic rings. The molecule has 5 heteroatoms. The van der Waals surface area contributed by atoms with Crippen LogP contribution in [0.15, 0.2) is 49.2 Å². The van der Waals surface area contributed by atoms with Gasteiger partial charge in [0.2, 0.25) is 5.95 Å². The van der Waals surface area contributed by atoms with Crippen molar-refractivity contribution in [3.8, 4) is 5.75 Å². The van der Waals surface area contributed by atoms with Gasteiger partial charge < -0.3 is 15.4 Å². The molecule has 20 heavy (non-hydrogen) atoms. The molecule has 0 saturated carbocycles. The van der Waals surface area contributed by atoms with Crippen molar-refractivity contribution in [3.05, 3.63) is 49.2 Å². The molecule has 0 atom stereocenters. The van der Waals surface area contributed by atoms with Crippen LogP contribution in [0.4, 0.5) is 17.5 Å². The quantitative estimate of drug-likeness (QED) is 0.756. The zero-order valence-corrected chi connectivity index (χ0v) is 11.5. The van der Waals surface area contributed by atoms with Crippen molar-refractivity contribution in [2.24, 2.45) is 0 Å². The van der Waals surface area contributed by atoms with Crippen molar-refractivity contribution < 1.29 is 4.74 Å². The highest BCUT2D eigenvalue weighted by Gasteiger charge is 2.04. The second-order valence-electron chi connectivity index (χ2n) is 3.99. The molecule has 0 fully saturated rings. The van der Waals surface area contributed by atoms with E-state index in [9.17, 15) is 0 Å². The Morgan fingerprint density at radius 2 is 2.15 bits per heavy atom. The molecule has 2 aromatic rings.